The van der Waals surface area contributed by atoms with Crippen LogP contribution in [0.5, 0.6) is 0 Å². The zero-order valence-electron chi connectivity index (χ0n) is 15.2. The molecule has 0 saturated heterocycles. The standard InChI is InChI=1S/C22H35N/c1-3-5-7-9-13-22-21(12-10-18-23-22)20-16-14-19(15-17-20)11-8-6-4-2/h10,12,14-17,21-23H,3-9,11,13,18H2,1-2H3. The van der Waals surface area contributed by atoms with Crippen LogP contribution in [-0.4, -0.2) is 12.6 Å². The van der Waals surface area contributed by atoms with Gasteiger partial charge in [0.15, 0.2) is 0 Å². The van der Waals surface area contributed by atoms with E-state index in [-0.39, 0.29) is 0 Å². The molecule has 2 unspecified atom stereocenters. The minimum atomic E-state index is 0.551. The van der Waals surface area contributed by atoms with Crippen molar-refractivity contribution in [3.63, 3.8) is 0 Å². The maximum absolute atomic E-state index is 3.71. The fourth-order valence-electron chi connectivity index (χ4n) is 3.60. The molecule has 1 heterocycles. The number of aryl methyl sites for hydroxylation is 1. The van der Waals surface area contributed by atoms with E-state index in [1.165, 1.54) is 68.9 Å². The Hall–Kier alpha value is -1.08. The van der Waals surface area contributed by atoms with Crippen molar-refractivity contribution in [3.8, 4) is 0 Å². The maximum Gasteiger partial charge on any atom is 0.0173 e. The lowest BCUT2D eigenvalue weighted by atomic mass is 9.85. The number of benzene rings is 1. The molecular weight excluding hydrogens is 278 g/mol. The molecule has 23 heavy (non-hydrogen) atoms. The van der Waals surface area contributed by atoms with Crippen LogP contribution >= 0.6 is 0 Å². The van der Waals surface area contributed by atoms with Gasteiger partial charge < -0.3 is 5.32 Å². The van der Waals surface area contributed by atoms with E-state index < -0.39 is 0 Å². The average molecular weight is 314 g/mol. The van der Waals surface area contributed by atoms with E-state index in [9.17, 15) is 0 Å². The predicted molar refractivity (Wildman–Crippen MR) is 102 cm³/mol. The van der Waals surface area contributed by atoms with Crippen molar-refractivity contribution in [1.82, 2.24) is 5.32 Å². The lowest BCUT2D eigenvalue weighted by Crippen LogP contribution is -2.37. The number of hydrogen-bond acceptors (Lipinski definition) is 1. The third-order valence-corrected chi connectivity index (χ3v) is 5.08. The van der Waals surface area contributed by atoms with Gasteiger partial charge in [0.25, 0.3) is 0 Å². The highest BCUT2D eigenvalue weighted by Crippen LogP contribution is 2.27. The van der Waals surface area contributed by atoms with Crippen LogP contribution in [0, 0.1) is 0 Å². The zero-order valence-corrected chi connectivity index (χ0v) is 15.2. The molecule has 1 aromatic carbocycles. The van der Waals surface area contributed by atoms with Gasteiger partial charge in [-0.2, -0.15) is 0 Å². The van der Waals surface area contributed by atoms with Gasteiger partial charge in [-0.15, -0.1) is 0 Å². The summed E-state index contributed by atoms with van der Waals surface area (Å²) < 4.78 is 0. The first-order valence-electron chi connectivity index (χ1n) is 9.84. The molecule has 0 spiro atoms. The van der Waals surface area contributed by atoms with Gasteiger partial charge in [-0.05, 0) is 30.4 Å². The van der Waals surface area contributed by atoms with Gasteiger partial charge >= 0.3 is 0 Å². The highest BCUT2D eigenvalue weighted by atomic mass is 14.9. The van der Waals surface area contributed by atoms with Crippen LogP contribution in [0.15, 0.2) is 36.4 Å². The van der Waals surface area contributed by atoms with E-state index in [0.717, 1.165) is 6.54 Å². The first kappa shape index (κ1) is 18.3. The molecule has 2 rings (SSSR count). The molecule has 1 nitrogen and oxygen atoms in total. The van der Waals surface area contributed by atoms with Gasteiger partial charge in [-0.1, -0.05) is 88.8 Å². The van der Waals surface area contributed by atoms with Crippen molar-refractivity contribution in [2.24, 2.45) is 0 Å². The van der Waals surface area contributed by atoms with Crippen LogP contribution < -0.4 is 5.32 Å². The molecule has 1 aliphatic heterocycles. The van der Waals surface area contributed by atoms with Gasteiger partial charge in [0.2, 0.25) is 0 Å². The Balaban J connectivity index is 1.91. The molecule has 1 aromatic rings. The first-order chi connectivity index (χ1) is 11.3. The number of rotatable bonds is 10. The van der Waals surface area contributed by atoms with Crippen LogP contribution in [-0.2, 0) is 6.42 Å². The van der Waals surface area contributed by atoms with Gasteiger partial charge in [0.1, 0.15) is 0 Å². The molecule has 1 aliphatic rings. The monoisotopic (exact) mass is 313 g/mol. The summed E-state index contributed by atoms with van der Waals surface area (Å²) in [7, 11) is 0. The van der Waals surface area contributed by atoms with Gasteiger partial charge in [0.05, 0.1) is 0 Å². The van der Waals surface area contributed by atoms with E-state index in [1.54, 1.807) is 0 Å². The summed E-state index contributed by atoms with van der Waals surface area (Å²) in [5.41, 5.74) is 2.97. The molecule has 0 bridgehead atoms. The second kappa shape index (κ2) is 10.6. The van der Waals surface area contributed by atoms with E-state index in [4.69, 9.17) is 0 Å². The Kier molecular flexibility index (Phi) is 8.46. The van der Waals surface area contributed by atoms with Crippen molar-refractivity contribution in [3.05, 3.63) is 47.5 Å². The Morgan fingerprint density at radius 3 is 2.39 bits per heavy atom. The largest absolute Gasteiger partial charge is 0.310 e. The van der Waals surface area contributed by atoms with E-state index in [0.29, 0.717) is 12.0 Å². The molecule has 1 heteroatoms. The number of nitrogens with one attached hydrogen (secondary N) is 1. The Bertz CT molecular complexity index is 446. The molecule has 0 aromatic heterocycles. The van der Waals surface area contributed by atoms with Crippen LogP contribution in [0.2, 0.25) is 0 Å². The normalized spacial score (nSPS) is 20.8. The predicted octanol–water partition coefficient (Wildman–Crippen LogP) is 6.00. The molecule has 0 radical (unpaired) electrons. The second-order valence-electron chi connectivity index (χ2n) is 7.02. The maximum atomic E-state index is 3.71. The summed E-state index contributed by atoms with van der Waals surface area (Å²) in [5.74, 6) is 0.551. The summed E-state index contributed by atoms with van der Waals surface area (Å²) in [6.45, 7) is 5.59. The highest BCUT2D eigenvalue weighted by molar-refractivity contribution is 5.31. The van der Waals surface area contributed by atoms with Gasteiger partial charge in [-0.25, -0.2) is 0 Å². The summed E-state index contributed by atoms with van der Waals surface area (Å²) >= 11 is 0. The summed E-state index contributed by atoms with van der Waals surface area (Å²) in [6, 6.07) is 10.0. The third kappa shape index (κ3) is 6.14. The fraction of sp³-hybridized carbons (Fsp3) is 0.636. The molecule has 0 amide bonds. The van der Waals surface area contributed by atoms with Crippen molar-refractivity contribution in [2.45, 2.75) is 83.6 Å². The zero-order chi connectivity index (χ0) is 16.3. The van der Waals surface area contributed by atoms with E-state index in [2.05, 4.69) is 55.6 Å². The van der Waals surface area contributed by atoms with Gasteiger partial charge in [-0.3, -0.25) is 0 Å². The van der Waals surface area contributed by atoms with Crippen LogP contribution in [0.25, 0.3) is 0 Å². The Labute approximate surface area is 143 Å². The lowest BCUT2D eigenvalue weighted by molar-refractivity contribution is 0.429. The number of hydrogen-bond donors (Lipinski definition) is 1. The van der Waals surface area contributed by atoms with E-state index >= 15 is 0 Å². The topological polar surface area (TPSA) is 12.0 Å². The van der Waals surface area contributed by atoms with Crippen molar-refractivity contribution in [1.29, 1.82) is 0 Å². The smallest absolute Gasteiger partial charge is 0.0173 e. The molecular formula is C22H35N. The Morgan fingerprint density at radius 1 is 0.913 bits per heavy atom. The molecule has 0 saturated carbocycles. The van der Waals surface area contributed by atoms with Crippen molar-refractivity contribution < 1.29 is 0 Å². The molecule has 1 N–H and O–H groups in total. The lowest BCUT2D eigenvalue weighted by Gasteiger charge is -2.29. The summed E-state index contributed by atoms with van der Waals surface area (Å²) in [6.07, 6.45) is 16.6. The van der Waals surface area contributed by atoms with Crippen LogP contribution in [0.3, 0.4) is 0 Å². The van der Waals surface area contributed by atoms with Crippen molar-refractivity contribution in [2.75, 3.05) is 6.54 Å². The SMILES string of the molecule is CCCCCCC1NCC=CC1c1ccc(CCCCC)cc1. The average Bonchev–Trinajstić information content (AvgIpc) is 2.60. The minimum Gasteiger partial charge on any atom is -0.310 e. The number of unbranched alkanes of at least 4 members (excludes halogenated alkanes) is 5. The quantitative estimate of drug-likeness (QED) is 0.412. The third-order valence-electron chi connectivity index (χ3n) is 5.08. The first-order valence-corrected chi connectivity index (χ1v) is 9.84. The summed E-state index contributed by atoms with van der Waals surface area (Å²) in [4.78, 5) is 0. The second-order valence-corrected chi connectivity index (χ2v) is 7.02. The van der Waals surface area contributed by atoms with Gasteiger partial charge in [0, 0.05) is 18.5 Å². The fourth-order valence-corrected chi connectivity index (χ4v) is 3.60. The minimum absolute atomic E-state index is 0.551. The molecule has 0 aliphatic carbocycles. The summed E-state index contributed by atoms with van der Waals surface area (Å²) in [5, 5.41) is 3.71. The van der Waals surface area contributed by atoms with Crippen LogP contribution in [0.1, 0.15) is 82.3 Å². The Morgan fingerprint density at radius 2 is 1.65 bits per heavy atom. The van der Waals surface area contributed by atoms with Crippen molar-refractivity contribution >= 4 is 0 Å². The molecule has 2 atom stereocenters. The van der Waals surface area contributed by atoms with E-state index in [1.807, 2.05) is 0 Å². The molecule has 128 valence electrons. The highest BCUT2D eigenvalue weighted by Gasteiger charge is 2.22. The van der Waals surface area contributed by atoms with Crippen LogP contribution in [0.4, 0.5) is 0 Å². The molecule has 0 fully saturated rings.